The molecule has 0 fully saturated rings. The van der Waals surface area contributed by atoms with Gasteiger partial charge in [0, 0.05) is 27.8 Å². The lowest BCUT2D eigenvalue weighted by molar-refractivity contribution is 0.498. The molecule has 2 rings (SSSR count). The summed E-state index contributed by atoms with van der Waals surface area (Å²) in [6, 6.07) is 2.69. The average molecular weight is 330 g/mol. The molecule has 0 saturated heterocycles. The van der Waals surface area contributed by atoms with Crippen molar-refractivity contribution < 1.29 is 8.42 Å². The molecule has 0 amide bonds. The Morgan fingerprint density at radius 3 is 2.76 bits per heavy atom. The minimum absolute atomic E-state index is 0.294. The molecule has 1 aliphatic carbocycles. The van der Waals surface area contributed by atoms with Gasteiger partial charge in [-0.05, 0) is 63.1 Å². The third-order valence-electron chi connectivity index (χ3n) is 4.01. The van der Waals surface area contributed by atoms with Crippen LogP contribution in [0.2, 0.25) is 0 Å². The van der Waals surface area contributed by atoms with Gasteiger partial charge in [0.05, 0.1) is 0 Å². The third kappa shape index (κ3) is 5.38. The normalized spacial score (nSPS) is 16.7. The van der Waals surface area contributed by atoms with Gasteiger partial charge in [0.15, 0.2) is 0 Å². The summed E-state index contributed by atoms with van der Waals surface area (Å²) in [6.45, 7) is 3.16. The Kier molecular flexibility index (Phi) is 6.26. The van der Waals surface area contributed by atoms with Gasteiger partial charge in [-0.1, -0.05) is 6.92 Å². The van der Waals surface area contributed by atoms with E-state index in [9.17, 15) is 8.42 Å². The molecule has 1 heterocycles. The van der Waals surface area contributed by atoms with Crippen molar-refractivity contribution in [2.75, 3.05) is 18.6 Å². The average Bonchev–Trinajstić information content (AvgIpc) is 2.85. The van der Waals surface area contributed by atoms with Crippen LogP contribution in [-0.4, -0.2) is 27.0 Å². The zero-order valence-electron chi connectivity index (χ0n) is 13.2. The van der Waals surface area contributed by atoms with E-state index in [1.54, 1.807) is 4.88 Å². The lowest BCUT2D eigenvalue weighted by atomic mass is 9.98. The first-order valence-electron chi connectivity index (χ1n) is 8.02. The van der Waals surface area contributed by atoms with Crippen LogP contribution in [-0.2, 0) is 22.7 Å². The highest BCUT2D eigenvalue weighted by Crippen LogP contribution is 2.34. The van der Waals surface area contributed by atoms with Gasteiger partial charge in [0.2, 0.25) is 0 Å². The Balaban J connectivity index is 2.02. The molecule has 0 spiro atoms. The van der Waals surface area contributed by atoms with Crippen LogP contribution in [0.1, 0.15) is 60.4 Å². The number of nitrogens with one attached hydrogen (secondary N) is 1. The number of sulfone groups is 1. The molecule has 1 unspecified atom stereocenters. The first kappa shape index (κ1) is 17.0. The van der Waals surface area contributed by atoms with Crippen LogP contribution in [0.15, 0.2) is 6.07 Å². The van der Waals surface area contributed by atoms with Crippen molar-refractivity contribution in [3.05, 3.63) is 21.4 Å². The summed E-state index contributed by atoms with van der Waals surface area (Å²) in [7, 11) is -2.85. The maximum atomic E-state index is 11.3. The predicted molar refractivity (Wildman–Crippen MR) is 90.9 cm³/mol. The minimum atomic E-state index is -2.85. The number of fused-ring (bicyclic) bond motifs is 1. The first-order valence-corrected chi connectivity index (χ1v) is 10.9. The van der Waals surface area contributed by atoms with Crippen LogP contribution in [0.25, 0.3) is 0 Å². The number of hydrogen-bond donors (Lipinski definition) is 1. The molecule has 3 nitrogen and oxygen atoms in total. The molecule has 120 valence electrons. The highest BCUT2D eigenvalue weighted by molar-refractivity contribution is 7.90. The summed E-state index contributed by atoms with van der Waals surface area (Å²) in [5, 5.41) is 3.60. The minimum Gasteiger partial charge on any atom is -0.309 e. The Hall–Kier alpha value is -0.390. The maximum absolute atomic E-state index is 11.3. The van der Waals surface area contributed by atoms with Crippen molar-refractivity contribution in [2.45, 2.75) is 57.9 Å². The molecule has 1 atom stereocenters. The molecular formula is C16H27NO2S2. The van der Waals surface area contributed by atoms with E-state index in [1.807, 2.05) is 11.3 Å². The van der Waals surface area contributed by atoms with Gasteiger partial charge in [-0.2, -0.15) is 0 Å². The number of hydrogen-bond acceptors (Lipinski definition) is 4. The smallest absolute Gasteiger partial charge is 0.147 e. The second-order valence-corrected chi connectivity index (χ2v) is 9.51. The predicted octanol–water partition coefficient (Wildman–Crippen LogP) is 3.49. The van der Waals surface area contributed by atoms with Crippen LogP contribution in [0.3, 0.4) is 0 Å². The summed E-state index contributed by atoms with van der Waals surface area (Å²) >= 11 is 1.94. The Morgan fingerprint density at radius 1 is 1.33 bits per heavy atom. The van der Waals surface area contributed by atoms with Crippen molar-refractivity contribution in [1.82, 2.24) is 5.32 Å². The highest BCUT2D eigenvalue weighted by atomic mass is 32.2. The molecule has 21 heavy (non-hydrogen) atoms. The van der Waals surface area contributed by atoms with Crippen molar-refractivity contribution in [2.24, 2.45) is 0 Å². The molecular weight excluding hydrogens is 302 g/mol. The van der Waals surface area contributed by atoms with Gasteiger partial charge in [-0.3, -0.25) is 0 Å². The molecule has 0 radical (unpaired) electrons. The van der Waals surface area contributed by atoms with E-state index in [2.05, 4.69) is 18.3 Å². The zero-order chi connectivity index (χ0) is 15.3. The lowest BCUT2D eigenvalue weighted by Gasteiger charge is -2.17. The number of aryl methyl sites for hydroxylation is 2. The largest absolute Gasteiger partial charge is 0.309 e. The second-order valence-electron chi connectivity index (χ2n) is 6.08. The van der Waals surface area contributed by atoms with Crippen LogP contribution in [0.4, 0.5) is 0 Å². The Bertz CT molecular complexity index is 525. The fourth-order valence-corrected chi connectivity index (χ4v) is 4.96. The number of thiophene rings is 1. The second kappa shape index (κ2) is 7.75. The van der Waals surface area contributed by atoms with Crippen LogP contribution < -0.4 is 5.32 Å². The summed E-state index contributed by atoms with van der Waals surface area (Å²) in [5.41, 5.74) is 1.53. The molecule has 1 aliphatic rings. The summed E-state index contributed by atoms with van der Waals surface area (Å²) < 4.78 is 22.6. The van der Waals surface area contributed by atoms with Crippen LogP contribution in [0, 0.1) is 0 Å². The van der Waals surface area contributed by atoms with Gasteiger partial charge >= 0.3 is 0 Å². The van der Waals surface area contributed by atoms with Crippen molar-refractivity contribution in [1.29, 1.82) is 0 Å². The van der Waals surface area contributed by atoms with E-state index in [0.717, 1.165) is 25.8 Å². The van der Waals surface area contributed by atoms with Crippen LogP contribution in [0.5, 0.6) is 0 Å². The monoisotopic (exact) mass is 329 g/mol. The molecule has 0 saturated carbocycles. The van der Waals surface area contributed by atoms with Gasteiger partial charge in [-0.25, -0.2) is 8.42 Å². The fourth-order valence-electron chi connectivity index (χ4n) is 2.90. The fraction of sp³-hybridized carbons (Fsp3) is 0.750. The number of rotatable bonds is 8. The summed E-state index contributed by atoms with van der Waals surface area (Å²) in [4.78, 5) is 2.96. The maximum Gasteiger partial charge on any atom is 0.147 e. The molecule has 1 aromatic rings. The summed E-state index contributed by atoms with van der Waals surface area (Å²) in [5.74, 6) is 0.294. The van der Waals surface area contributed by atoms with Crippen molar-refractivity contribution >= 4 is 21.2 Å². The van der Waals surface area contributed by atoms with Gasteiger partial charge in [-0.15, -0.1) is 11.3 Å². The molecule has 0 aromatic carbocycles. The molecule has 0 bridgehead atoms. The van der Waals surface area contributed by atoms with E-state index >= 15 is 0 Å². The Morgan fingerprint density at radius 2 is 2.10 bits per heavy atom. The van der Waals surface area contributed by atoms with Crippen molar-refractivity contribution in [3.63, 3.8) is 0 Å². The van der Waals surface area contributed by atoms with E-state index in [-0.39, 0.29) is 0 Å². The van der Waals surface area contributed by atoms with E-state index in [4.69, 9.17) is 0 Å². The van der Waals surface area contributed by atoms with Gasteiger partial charge in [0.1, 0.15) is 9.84 Å². The quantitative estimate of drug-likeness (QED) is 0.794. The third-order valence-corrected chi connectivity index (χ3v) is 6.39. The SMILES string of the molecule is CCCNC(CCCS(C)(=O)=O)c1cc2c(s1)CCCC2. The van der Waals surface area contributed by atoms with E-state index in [1.165, 1.54) is 42.4 Å². The van der Waals surface area contributed by atoms with Gasteiger partial charge < -0.3 is 5.32 Å². The van der Waals surface area contributed by atoms with E-state index in [0.29, 0.717) is 11.8 Å². The molecule has 0 aliphatic heterocycles. The van der Waals surface area contributed by atoms with Gasteiger partial charge in [0.25, 0.3) is 0 Å². The summed E-state index contributed by atoms with van der Waals surface area (Å²) in [6.07, 6.45) is 9.14. The zero-order valence-corrected chi connectivity index (χ0v) is 14.8. The molecule has 1 aromatic heterocycles. The standard InChI is InChI=1S/C16H27NO2S2/c1-3-10-17-14(8-6-11-21(2,18)19)16-12-13-7-4-5-9-15(13)20-16/h12,14,17H,3-11H2,1-2H3. The highest BCUT2D eigenvalue weighted by Gasteiger charge is 2.19. The topological polar surface area (TPSA) is 46.2 Å². The van der Waals surface area contributed by atoms with Crippen LogP contribution >= 0.6 is 11.3 Å². The molecule has 1 N–H and O–H groups in total. The van der Waals surface area contributed by atoms with E-state index < -0.39 is 9.84 Å². The first-order chi connectivity index (χ1) is 9.99. The lowest BCUT2D eigenvalue weighted by Crippen LogP contribution is -2.22. The molecule has 5 heteroatoms. The van der Waals surface area contributed by atoms with Crippen molar-refractivity contribution in [3.8, 4) is 0 Å². The Labute approximate surface area is 133 Å².